The molecule has 1 aliphatic rings. The Labute approximate surface area is 167 Å². The van der Waals surface area contributed by atoms with Crippen LogP contribution < -0.4 is 5.32 Å². The maximum absolute atomic E-state index is 12.3. The van der Waals surface area contributed by atoms with Crippen molar-refractivity contribution in [3.05, 3.63) is 77.2 Å². The van der Waals surface area contributed by atoms with Gasteiger partial charge in [0.05, 0.1) is 5.69 Å². The Morgan fingerprint density at radius 2 is 1.76 bits per heavy atom. The first-order valence-electron chi connectivity index (χ1n) is 9.29. The van der Waals surface area contributed by atoms with E-state index in [1.54, 1.807) is 13.0 Å². The molecule has 1 amide bonds. The average molecular weight is 392 g/mol. The fraction of sp³-hybridized carbons (Fsp3) is 0.227. The van der Waals surface area contributed by atoms with Gasteiger partial charge < -0.3 is 19.7 Å². The van der Waals surface area contributed by atoms with Crippen LogP contribution in [-0.4, -0.2) is 35.0 Å². The van der Waals surface area contributed by atoms with Crippen LogP contribution in [0.1, 0.15) is 28.5 Å². The lowest BCUT2D eigenvalue weighted by Gasteiger charge is -2.17. The molecule has 0 saturated carbocycles. The highest BCUT2D eigenvalue weighted by atomic mass is 16.5. The van der Waals surface area contributed by atoms with Gasteiger partial charge in [0.25, 0.3) is 0 Å². The van der Waals surface area contributed by atoms with E-state index in [-0.39, 0.29) is 18.9 Å². The molecule has 3 aromatic rings. The van der Waals surface area contributed by atoms with Crippen LogP contribution >= 0.6 is 0 Å². The fourth-order valence-electron chi connectivity index (χ4n) is 3.71. The number of hydrogen-bond donors (Lipinski definition) is 2. The summed E-state index contributed by atoms with van der Waals surface area (Å²) < 4.78 is 10.4. The summed E-state index contributed by atoms with van der Waals surface area (Å²) in [5, 5.41) is 15.6. The third kappa shape index (κ3) is 3.85. The molecule has 2 aromatic carbocycles. The minimum Gasteiger partial charge on any atom is -0.480 e. The minimum absolute atomic E-state index is 0.0108. The Kier molecular flexibility index (Phi) is 5.03. The molecule has 0 radical (unpaired) electrons. The van der Waals surface area contributed by atoms with Crippen molar-refractivity contribution in [3.63, 3.8) is 0 Å². The zero-order valence-electron chi connectivity index (χ0n) is 15.8. The normalized spacial score (nSPS) is 13.4. The molecule has 1 aliphatic carbocycles. The largest absolute Gasteiger partial charge is 0.480 e. The quantitative estimate of drug-likeness (QED) is 0.666. The third-order valence-electron chi connectivity index (χ3n) is 5.02. The molecule has 0 bridgehead atoms. The number of aryl methyl sites for hydroxylation is 1. The maximum atomic E-state index is 12.3. The number of alkyl carbamates (subject to hydrolysis) is 1. The van der Waals surface area contributed by atoms with Gasteiger partial charge in [-0.15, -0.1) is 0 Å². The lowest BCUT2D eigenvalue weighted by Crippen LogP contribution is -2.43. The summed E-state index contributed by atoms with van der Waals surface area (Å²) in [7, 11) is 0. The zero-order valence-corrected chi connectivity index (χ0v) is 15.8. The van der Waals surface area contributed by atoms with E-state index >= 15 is 0 Å². The number of aliphatic carboxylic acids is 1. The van der Waals surface area contributed by atoms with E-state index in [2.05, 4.69) is 22.6 Å². The highest BCUT2D eigenvalue weighted by molar-refractivity contribution is 5.81. The summed E-state index contributed by atoms with van der Waals surface area (Å²) in [5.74, 6) is -0.681. The standard InChI is InChI=1S/C22H20N2O5/c1-13-10-14(24-29-13)11-20(21(25)26)23-22(27)28-12-19-17-8-4-2-6-15(17)16-7-3-5-9-18(16)19/h2-10,19-20H,11-12H2,1H3,(H,23,27)(H,25,26)/t20-/m0/s1. The van der Waals surface area contributed by atoms with Gasteiger partial charge in [0.2, 0.25) is 0 Å². The summed E-state index contributed by atoms with van der Waals surface area (Å²) in [6.45, 7) is 1.83. The highest BCUT2D eigenvalue weighted by Crippen LogP contribution is 2.44. The number of carbonyl (C=O) groups excluding carboxylic acids is 1. The van der Waals surface area contributed by atoms with Crippen molar-refractivity contribution in [2.75, 3.05) is 6.61 Å². The van der Waals surface area contributed by atoms with Gasteiger partial charge in [-0.05, 0) is 29.2 Å². The summed E-state index contributed by atoms with van der Waals surface area (Å²) >= 11 is 0. The van der Waals surface area contributed by atoms with E-state index in [1.165, 1.54) is 0 Å². The molecular formula is C22H20N2O5. The number of aromatic nitrogens is 1. The van der Waals surface area contributed by atoms with E-state index in [9.17, 15) is 14.7 Å². The van der Waals surface area contributed by atoms with Crippen LogP contribution in [0.3, 0.4) is 0 Å². The van der Waals surface area contributed by atoms with Gasteiger partial charge in [-0.25, -0.2) is 9.59 Å². The summed E-state index contributed by atoms with van der Waals surface area (Å²) in [5.41, 5.74) is 4.89. The molecule has 0 fully saturated rings. The van der Waals surface area contributed by atoms with Gasteiger partial charge >= 0.3 is 12.1 Å². The molecule has 148 valence electrons. The monoisotopic (exact) mass is 392 g/mol. The second-order valence-corrected chi connectivity index (χ2v) is 6.99. The van der Waals surface area contributed by atoms with Crippen molar-refractivity contribution >= 4 is 12.1 Å². The van der Waals surface area contributed by atoms with Crippen LogP contribution in [0, 0.1) is 6.92 Å². The van der Waals surface area contributed by atoms with Gasteiger partial charge in [0.15, 0.2) is 0 Å². The Morgan fingerprint density at radius 1 is 1.14 bits per heavy atom. The second-order valence-electron chi connectivity index (χ2n) is 6.99. The summed E-state index contributed by atoms with van der Waals surface area (Å²) in [4.78, 5) is 23.8. The molecular weight excluding hydrogens is 372 g/mol. The van der Waals surface area contributed by atoms with Crippen LogP contribution in [0.5, 0.6) is 0 Å². The number of carbonyl (C=O) groups is 2. The van der Waals surface area contributed by atoms with Crippen molar-refractivity contribution in [1.29, 1.82) is 0 Å². The van der Waals surface area contributed by atoms with Crippen LogP contribution in [0.25, 0.3) is 11.1 Å². The first-order chi connectivity index (χ1) is 14.0. The summed E-state index contributed by atoms with van der Waals surface area (Å²) in [6.07, 6.45) is -0.767. The number of hydrogen-bond acceptors (Lipinski definition) is 5. The first-order valence-corrected chi connectivity index (χ1v) is 9.29. The van der Waals surface area contributed by atoms with Gasteiger partial charge in [-0.1, -0.05) is 53.7 Å². The number of rotatable bonds is 6. The molecule has 1 aromatic heterocycles. The molecule has 29 heavy (non-hydrogen) atoms. The van der Waals surface area contributed by atoms with Crippen LogP contribution in [0.2, 0.25) is 0 Å². The Balaban J connectivity index is 1.43. The predicted octanol–water partition coefficient (Wildman–Crippen LogP) is 3.52. The number of fused-ring (bicyclic) bond motifs is 3. The maximum Gasteiger partial charge on any atom is 0.407 e. The number of ether oxygens (including phenoxy) is 1. The topological polar surface area (TPSA) is 102 Å². The average Bonchev–Trinajstić information content (AvgIpc) is 3.27. The summed E-state index contributed by atoms with van der Waals surface area (Å²) in [6, 6.07) is 16.5. The van der Waals surface area contributed by atoms with Crippen LogP contribution in [0.4, 0.5) is 4.79 Å². The third-order valence-corrected chi connectivity index (χ3v) is 5.02. The van der Waals surface area contributed by atoms with Gasteiger partial charge in [0.1, 0.15) is 18.4 Å². The Bertz CT molecular complexity index is 1010. The van der Waals surface area contributed by atoms with Crippen molar-refractivity contribution in [2.24, 2.45) is 0 Å². The van der Waals surface area contributed by atoms with Crippen molar-refractivity contribution in [2.45, 2.75) is 25.3 Å². The molecule has 7 nitrogen and oxygen atoms in total. The van der Waals surface area contributed by atoms with Crippen molar-refractivity contribution in [3.8, 4) is 11.1 Å². The van der Waals surface area contributed by atoms with E-state index < -0.39 is 18.1 Å². The molecule has 1 heterocycles. The highest BCUT2D eigenvalue weighted by Gasteiger charge is 2.30. The number of carboxylic acids is 1. The van der Waals surface area contributed by atoms with Crippen LogP contribution in [-0.2, 0) is 16.0 Å². The predicted molar refractivity (Wildman–Crippen MR) is 105 cm³/mol. The lowest BCUT2D eigenvalue weighted by molar-refractivity contribution is -0.139. The smallest absolute Gasteiger partial charge is 0.407 e. The molecule has 0 saturated heterocycles. The van der Waals surface area contributed by atoms with E-state index in [0.29, 0.717) is 11.5 Å². The molecule has 2 N–H and O–H groups in total. The van der Waals surface area contributed by atoms with Gasteiger partial charge in [-0.2, -0.15) is 0 Å². The number of nitrogens with one attached hydrogen (secondary N) is 1. The minimum atomic E-state index is -1.17. The molecule has 0 aliphatic heterocycles. The molecule has 4 rings (SSSR count). The fourth-order valence-corrected chi connectivity index (χ4v) is 3.71. The van der Waals surface area contributed by atoms with Gasteiger partial charge in [-0.3, -0.25) is 0 Å². The second kappa shape index (κ2) is 7.79. The molecule has 0 unspecified atom stereocenters. The first kappa shape index (κ1) is 18.7. The number of benzene rings is 2. The Hall–Kier alpha value is -3.61. The number of carboxylic acid groups (broad SMARTS) is 1. The zero-order chi connectivity index (χ0) is 20.4. The lowest BCUT2D eigenvalue weighted by atomic mass is 9.98. The molecule has 0 spiro atoms. The van der Waals surface area contributed by atoms with Gasteiger partial charge in [0, 0.05) is 18.4 Å². The van der Waals surface area contributed by atoms with Crippen molar-refractivity contribution in [1.82, 2.24) is 10.5 Å². The van der Waals surface area contributed by atoms with E-state index in [1.807, 2.05) is 36.4 Å². The molecule has 7 heteroatoms. The SMILES string of the molecule is Cc1cc(C[C@H](NC(=O)OCC2c3ccccc3-c3ccccc32)C(=O)O)no1. The molecule has 1 atom stereocenters. The van der Waals surface area contributed by atoms with E-state index in [4.69, 9.17) is 9.26 Å². The van der Waals surface area contributed by atoms with Crippen molar-refractivity contribution < 1.29 is 24.0 Å². The number of nitrogens with zero attached hydrogens (tertiary/aromatic N) is 1. The Morgan fingerprint density at radius 3 is 2.31 bits per heavy atom. The number of amides is 1. The van der Waals surface area contributed by atoms with Crippen LogP contribution in [0.15, 0.2) is 59.1 Å². The van der Waals surface area contributed by atoms with E-state index in [0.717, 1.165) is 22.3 Å².